The van der Waals surface area contributed by atoms with E-state index in [1.165, 1.54) is 0 Å². The van der Waals surface area contributed by atoms with Gasteiger partial charge in [-0.2, -0.15) is 5.01 Å². The molecule has 1 aromatic carbocycles. The number of carbonyl (C=O) groups is 2. The molecule has 0 saturated carbocycles. The summed E-state index contributed by atoms with van der Waals surface area (Å²) in [6.07, 6.45) is 0. The number of fused-ring (bicyclic) bond motifs is 1. The minimum atomic E-state index is -0.713. The van der Waals surface area contributed by atoms with Gasteiger partial charge in [0.1, 0.15) is 0 Å². The van der Waals surface area contributed by atoms with Crippen molar-refractivity contribution in [1.82, 2.24) is 10.0 Å². The molecule has 0 bridgehead atoms. The maximum atomic E-state index is 12.3. The van der Waals surface area contributed by atoms with E-state index in [-0.39, 0.29) is 30.3 Å². The number of aliphatic hydroxyl groups excluding tert-OH is 1. The zero-order valence-electron chi connectivity index (χ0n) is 10.3. The number of imide groups is 1. The second-order valence-electron chi connectivity index (χ2n) is 4.88. The molecule has 1 saturated heterocycles. The van der Waals surface area contributed by atoms with Crippen molar-refractivity contribution >= 4 is 23.4 Å². The van der Waals surface area contributed by atoms with Gasteiger partial charge in [-0.15, -0.1) is 11.6 Å². The molecule has 1 aromatic rings. The van der Waals surface area contributed by atoms with E-state index in [2.05, 4.69) is 0 Å². The molecule has 0 aliphatic carbocycles. The second-order valence-corrected chi connectivity index (χ2v) is 5.15. The van der Waals surface area contributed by atoms with Crippen molar-refractivity contribution in [2.75, 3.05) is 12.5 Å². The highest BCUT2D eigenvalue weighted by Crippen LogP contribution is 2.45. The maximum absolute atomic E-state index is 12.3. The van der Waals surface area contributed by atoms with E-state index in [0.29, 0.717) is 11.1 Å². The number of nitrogens with zero attached hydrogens (tertiary/aromatic N) is 2. The Morgan fingerprint density at radius 2 is 1.79 bits per heavy atom. The Bertz CT molecular complexity index is 536. The fourth-order valence-electron chi connectivity index (χ4n) is 2.68. The van der Waals surface area contributed by atoms with E-state index in [4.69, 9.17) is 11.6 Å². The number of carbonyl (C=O) groups excluding carboxylic acids is 2. The second kappa shape index (κ2) is 4.03. The lowest BCUT2D eigenvalue weighted by Gasteiger charge is -2.19. The Balaban J connectivity index is 1.98. The zero-order valence-corrected chi connectivity index (χ0v) is 11.1. The molecule has 0 radical (unpaired) electrons. The molecule has 2 amide bonds. The van der Waals surface area contributed by atoms with Crippen LogP contribution < -0.4 is 0 Å². The van der Waals surface area contributed by atoms with Crippen LogP contribution >= 0.6 is 11.6 Å². The van der Waals surface area contributed by atoms with Gasteiger partial charge in [0.2, 0.25) is 0 Å². The molecule has 100 valence electrons. The Morgan fingerprint density at radius 3 is 2.16 bits per heavy atom. The standard InChI is InChI=1S/C13H13ClN2O3/c1-8-13(6-14,7-17)16(8)15-11(18)9-4-2-3-5-10(9)12(15)19/h2-5,8,17H,6-7H2,1H3/t8-,13+,16?/m1/s1. The zero-order chi connectivity index (χ0) is 13.8. The number of hydrogen-bond donors (Lipinski definition) is 1. The fraction of sp³-hybridized carbons (Fsp3) is 0.385. The summed E-state index contributed by atoms with van der Waals surface area (Å²) in [5.74, 6) is -0.543. The van der Waals surface area contributed by atoms with Crippen LogP contribution in [0.5, 0.6) is 0 Å². The first kappa shape index (κ1) is 12.6. The molecule has 2 heterocycles. The highest BCUT2D eigenvalue weighted by atomic mass is 35.5. The molecule has 1 N–H and O–H groups in total. The molecule has 0 spiro atoms. The summed E-state index contributed by atoms with van der Waals surface area (Å²) in [6, 6.07) is 6.56. The van der Waals surface area contributed by atoms with Crippen LogP contribution in [0.4, 0.5) is 0 Å². The van der Waals surface area contributed by atoms with E-state index in [1.54, 1.807) is 29.3 Å². The van der Waals surface area contributed by atoms with Crippen molar-refractivity contribution in [3.8, 4) is 0 Å². The van der Waals surface area contributed by atoms with Crippen LogP contribution in [-0.2, 0) is 0 Å². The van der Waals surface area contributed by atoms with Crippen LogP contribution in [0.15, 0.2) is 24.3 Å². The summed E-state index contributed by atoms with van der Waals surface area (Å²) in [4.78, 5) is 24.6. The molecule has 3 rings (SSSR count). The molecule has 3 atom stereocenters. The Morgan fingerprint density at radius 1 is 1.26 bits per heavy atom. The third kappa shape index (κ3) is 1.43. The average Bonchev–Trinajstić information content (AvgIpc) is 2.94. The van der Waals surface area contributed by atoms with Crippen LogP contribution in [0.2, 0.25) is 0 Å². The summed E-state index contributed by atoms with van der Waals surface area (Å²) in [6.45, 7) is 1.65. The van der Waals surface area contributed by atoms with Gasteiger partial charge in [-0.3, -0.25) is 9.59 Å². The van der Waals surface area contributed by atoms with E-state index in [1.807, 2.05) is 6.92 Å². The lowest BCUT2D eigenvalue weighted by molar-refractivity contribution is 0.0267. The summed E-state index contributed by atoms with van der Waals surface area (Å²) in [5.41, 5.74) is 0.0792. The number of aliphatic hydroxyl groups is 1. The number of hydrogen-bond acceptors (Lipinski definition) is 4. The molecular formula is C13H13ClN2O3. The van der Waals surface area contributed by atoms with E-state index >= 15 is 0 Å². The number of benzene rings is 1. The summed E-state index contributed by atoms with van der Waals surface area (Å²) < 4.78 is 0. The molecule has 5 nitrogen and oxygen atoms in total. The number of alkyl halides is 1. The Hall–Kier alpha value is -1.43. The van der Waals surface area contributed by atoms with Crippen molar-refractivity contribution in [1.29, 1.82) is 0 Å². The number of rotatable bonds is 3. The van der Waals surface area contributed by atoms with Gasteiger partial charge < -0.3 is 5.11 Å². The number of amides is 2. The Kier molecular flexibility index (Phi) is 2.67. The Labute approximate surface area is 115 Å². The molecular weight excluding hydrogens is 268 g/mol. The smallest absolute Gasteiger partial charge is 0.276 e. The van der Waals surface area contributed by atoms with Crippen LogP contribution in [0, 0.1) is 0 Å². The van der Waals surface area contributed by atoms with Gasteiger partial charge in [-0.05, 0) is 19.1 Å². The molecule has 2 aliphatic rings. The first-order valence-electron chi connectivity index (χ1n) is 6.02. The lowest BCUT2D eigenvalue weighted by Crippen LogP contribution is -2.41. The topological polar surface area (TPSA) is 60.6 Å². The van der Waals surface area contributed by atoms with E-state index in [0.717, 1.165) is 5.01 Å². The minimum absolute atomic E-state index is 0.141. The molecule has 1 fully saturated rings. The first-order valence-corrected chi connectivity index (χ1v) is 6.56. The minimum Gasteiger partial charge on any atom is -0.394 e. The highest BCUT2D eigenvalue weighted by Gasteiger charge is 2.65. The highest BCUT2D eigenvalue weighted by molar-refractivity contribution is 6.21. The van der Waals surface area contributed by atoms with Crippen LogP contribution in [0.3, 0.4) is 0 Å². The van der Waals surface area contributed by atoms with Crippen LogP contribution in [-0.4, -0.2) is 51.0 Å². The number of hydrazine groups is 1. The van der Waals surface area contributed by atoms with Gasteiger partial charge in [0.25, 0.3) is 11.8 Å². The van der Waals surface area contributed by atoms with Gasteiger partial charge in [0.05, 0.1) is 29.3 Å². The SMILES string of the molecule is C[C@H]1N(N2C(=O)c3ccccc3C2=O)[C@]1(CO)CCl. The maximum Gasteiger partial charge on any atom is 0.276 e. The van der Waals surface area contributed by atoms with Gasteiger partial charge in [0.15, 0.2) is 0 Å². The van der Waals surface area contributed by atoms with Gasteiger partial charge in [-0.25, -0.2) is 5.01 Å². The normalized spacial score (nSPS) is 32.7. The summed E-state index contributed by atoms with van der Waals surface area (Å²) in [5, 5.41) is 12.2. The third-order valence-corrected chi connectivity index (χ3v) is 4.49. The average molecular weight is 281 g/mol. The van der Waals surface area contributed by atoms with Crippen molar-refractivity contribution < 1.29 is 14.7 Å². The van der Waals surface area contributed by atoms with Crippen molar-refractivity contribution in [2.45, 2.75) is 18.5 Å². The predicted octanol–water partition coefficient (Wildman–Crippen LogP) is 0.872. The number of halogens is 1. The van der Waals surface area contributed by atoms with E-state index in [9.17, 15) is 14.7 Å². The summed E-state index contributed by atoms with van der Waals surface area (Å²) >= 11 is 5.88. The fourth-order valence-corrected chi connectivity index (χ4v) is 3.11. The molecule has 19 heavy (non-hydrogen) atoms. The largest absolute Gasteiger partial charge is 0.394 e. The third-order valence-electron chi connectivity index (χ3n) is 4.03. The molecule has 6 heteroatoms. The molecule has 1 unspecified atom stereocenters. The quantitative estimate of drug-likeness (QED) is 0.507. The molecule has 2 aliphatic heterocycles. The monoisotopic (exact) mass is 280 g/mol. The summed E-state index contributed by atoms with van der Waals surface area (Å²) in [7, 11) is 0. The van der Waals surface area contributed by atoms with E-state index < -0.39 is 5.54 Å². The van der Waals surface area contributed by atoms with Gasteiger partial charge in [0, 0.05) is 5.88 Å². The van der Waals surface area contributed by atoms with Gasteiger partial charge >= 0.3 is 0 Å². The van der Waals surface area contributed by atoms with Gasteiger partial charge in [-0.1, -0.05) is 12.1 Å². The van der Waals surface area contributed by atoms with Crippen molar-refractivity contribution in [3.63, 3.8) is 0 Å². The predicted molar refractivity (Wildman–Crippen MR) is 68.8 cm³/mol. The van der Waals surface area contributed by atoms with Crippen molar-refractivity contribution in [2.24, 2.45) is 0 Å². The van der Waals surface area contributed by atoms with Crippen LogP contribution in [0.1, 0.15) is 27.6 Å². The molecule has 0 aromatic heterocycles. The van der Waals surface area contributed by atoms with Crippen LogP contribution in [0.25, 0.3) is 0 Å². The lowest BCUT2D eigenvalue weighted by atomic mass is 10.1. The first-order chi connectivity index (χ1) is 9.08. The van der Waals surface area contributed by atoms with Crippen molar-refractivity contribution in [3.05, 3.63) is 35.4 Å².